The lowest BCUT2D eigenvalue weighted by molar-refractivity contribution is -0.116. The monoisotopic (exact) mass is 389 g/mol. The Hall–Kier alpha value is -2.93. The average molecular weight is 390 g/mol. The van der Waals surface area contributed by atoms with Crippen molar-refractivity contribution in [2.75, 3.05) is 19.5 Å². The van der Waals surface area contributed by atoms with Crippen LogP contribution < -0.4 is 20.5 Å². The molecule has 0 atom stereocenters. The van der Waals surface area contributed by atoms with Crippen molar-refractivity contribution >= 4 is 34.2 Å². The van der Waals surface area contributed by atoms with Crippen LogP contribution in [0.25, 0.3) is 11.0 Å². The summed E-state index contributed by atoms with van der Waals surface area (Å²) in [5, 5.41) is 3.13. The Morgan fingerprint density at radius 3 is 2.30 bits per heavy atom. The van der Waals surface area contributed by atoms with E-state index in [1.165, 1.54) is 18.8 Å². The summed E-state index contributed by atoms with van der Waals surface area (Å²) in [5.41, 5.74) is 1.69. The molecule has 0 fully saturated rings. The normalized spacial score (nSPS) is 10.8. The second-order valence-electron chi connectivity index (χ2n) is 5.84. The number of imidazole rings is 1. The highest BCUT2D eigenvalue weighted by atomic mass is 35.5. The van der Waals surface area contributed by atoms with Gasteiger partial charge in [0.05, 0.1) is 36.0 Å². The zero-order valence-electron chi connectivity index (χ0n) is 15.3. The van der Waals surface area contributed by atoms with E-state index in [9.17, 15) is 9.59 Å². The van der Waals surface area contributed by atoms with Crippen molar-refractivity contribution in [2.24, 2.45) is 0 Å². The van der Waals surface area contributed by atoms with Crippen LogP contribution in [0.3, 0.4) is 0 Å². The summed E-state index contributed by atoms with van der Waals surface area (Å²) in [6.07, 6.45) is 0. The van der Waals surface area contributed by atoms with Gasteiger partial charge in [-0.25, -0.2) is 4.79 Å². The first-order chi connectivity index (χ1) is 13.0. The zero-order valence-corrected chi connectivity index (χ0v) is 16.0. The van der Waals surface area contributed by atoms with Crippen LogP contribution in [-0.2, 0) is 17.9 Å². The molecule has 142 valence electrons. The lowest BCUT2D eigenvalue weighted by Crippen LogP contribution is -2.29. The lowest BCUT2D eigenvalue weighted by atomic mass is 10.2. The number of methoxy groups -OCH3 is 2. The van der Waals surface area contributed by atoms with Crippen LogP contribution in [0.1, 0.15) is 6.92 Å². The molecule has 0 aliphatic rings. The largest absolute Gasteiger partial charge is 0.495 e. The highest BCUT2D eigenvalue weighted by Gasteiger charge is 2.17. The number of halogens is 1. The third-order valence-electron chi connectivity index (χ3n) is 4.29. The van der Waals surface area contributed by atoms with Gasteiger partial charge in [0, 0.05) is 18.7 Å². The van der Waals surface area contributed by atoms with Crippen molar-refractivity contribution in [3.63, 3.8) is 0 Å². The molecule has 0 saturated carbocycles. The minimum Gasteiger partial charge on any atom is -0.495 e. The van der Waals surface area contributed by atoms with E-state index in [1.807, 2.05) is 31.2 Å². The number of anilines is 1. The molecular weight excluding hydrogens is 370 g/mol. The molecule has 0 bridgehead atoms. The second-order valence-corrected chi connectivity index (χ2v) is 6.24. The maximum absolute atomic E-state index is 12.7. The molecule has 0 unspecified atom stereocenters. The molecule has 1 amide bonds. The number of carbonyl (C=O) groups excluding carboxylic acids is 1. The van der Waals surface area contributed by atoms with Gasteiger partial charge in [0.25, 0.3) is 0 Å². The maximum atomic E-state index is 12.7. The second kappa shape index (κ2) is 7.75. The van der Waals surface area contributed by atoms with Crippen LogP contribution in [0.4, 0.5) is 5.69 Å². The average Bonchev–Trinajstić information content (AvgIpc) is 2.94. The summed E-state index contributed by atoms with van der Waals surface area (Å²) in [5.74, 6) is 0.448. The molecule has 8 heteroatoms. The number of hydrogen-bond acceptors (Lipinski definition) is 4. The molecule has 0 radical (unpaired) electrons. The van der Waals surface area contributed by atoms with Crippen LogP contribution in [-0.4, -0.2) is 29.3 Å². The van der Waals surface area contributed by atoms with Gasteiger partial charge in [0.1, 0.15) is 18.0 Å². The molecule has 0 aliphatic heterocycles. The number of aromatic nitrogens is 2. The van der Waals surface area contributed by atoms with E-state index >= 15 is 0 Å². The molecule has 2 aromatic carbocycles. The van der Waals surface area contributed by atoms with E-state index < -0.39 is 0 Å². The van der Waals surface area contributed by atoms with Crippen LogP contribution in [0.2, 0.25) is 5.02 Å². The van der Waals surface area contributed by atoms with Crippen molar-refractivity contribution in [3.8, 4) is 11.5 Å². The van der Waals surface area contributed by atoms with Crippen molar-refractivity contribution in [1.82, 2.24) is 9.13 Å². The Kier molecular flexibility index (Phi) is 5.41. The van der Waals surface area contributed by atoms with Gasteiger partial charge in [-0.05, 0) is 19.1 Å². The maximum Gasteiger partial charge on any atom is 0.329 e. The zero-order chi connectivity index (χ0) is 19.6. The number of benzene rings is 2. The number of carbonyl (C=O) groups is 1. The van der Waals surface area contributed by atoms with Crippen molar-refractivity contribution in [2.45, 2.75) is 20.0 Å². The van der Waals surface area contributed by atoms with E-state index in [-0.39, 0.29) is 18.1 Å². The molecular formula is C19H20ClN3O4. The molecule has 1 aromatic heterocycles. The molecule has 0 aliphatic carbocycles. The fourth-order valence-corrected chi connectivity index (χ4v) is 3.25. The standard InChI is InChI=1S/C19H20ClN3O4/c1-4-22-14-7-5-6-8-15(14)23(19(22)25)11-18(24)21-13-10-16(26-2)12(20)9-17(13)27-3/h5-10H,4,11H2,1-3H3,(H,21,24). The highest BCUT2D eigenvalue weighted by Crippen LogP contribution is 2.35. The number of amides is 1. The summed E-state index contributed by atoms with van der Waals surface area (Å²) in [4.78, 5) is 25.3. The third-order valence-corrected chi connectivity index (χ3v) is 4.59. The van der Waals surface area contributed by atoms with Gasteiger partial charge in [-0.2, -0.15) is 0 Å². The van der Waals surface area contributed by atoms with Crippen LogP contribution in [0.15, 0.2) is 41.2 Å². The Labute approximate surface area is 161 Å². The van der Waals surface area contributed by atoms with Gasteiger partial charge in [0.2, 0.25) is 5.91 Å². The van der Waals surface area contributed by atoms with Crippen LogP contribution in [0.5, 0.6) is 11.5 Å². The lowest BCUT2D eigenvalue weighted by Gasteiger charge is -2.13. The summed E-state index contributed by atoms with van der Waals surface area (Å²) in [6.45, 7) is 2.29. The Balaban J connectivity index is 1.93. The van der Waals surface area contributed by atoms with Crippen molar-refractivity contribution in [1.29, 1.82) is 0 Å². The number of fused-ring (bicyclic) bond motifs is 1. The van der Waals surface area contributed by atoms with Crippen molar-refractivity contribution in [3.05, 3.63) is 51.9 Å². The fourth-order valence-electron chi connectivity index (χ4n) is 3.02. The highest BCUT2D eigenvalue weighted by molar-refractivity contribution is 6.32. The van der Waals surface area contributed by atoms with Gasteiger partial charge in [-0.15, -0.1) is 0 Å². The van der Waals surface area contributed by atoms with E-state index in [0.29, 0.717) is 34.3 Å². The quantitative estimate of drug-likeness (QED) is 0.702. The predicted molar refractivity (Wildman–Crippen MR) is 105 cm³/mol. The van der Waals surface area contributed by atoms with Gasteiger partial charge < -0.3 is 14.8 Å². The Bertz CT molecular complexity index is 1060. The Morgan fingerprint density at radius 1 is 1.07 bits per heavy atom. The number of para-hydroxylation sites is 2. The van der Waals surface area contributed by atoms with Gasteiger partial charge in [0.15, 0.2) is 0 Å². The predicted octanol–water partition coefficient (Wildman–Crippen LogP) is 3.13. The van der Waals surface area contributed by atoms with E-state index in [2.05, 4.69) is 5.32 Å². The molecule has 3 aromatic rings. The van der Waals surface area contributed by atoms with Crippen molar-refractivity contribution < 1.29 is 14.3 Å². The SMILES string of the molecule is CCn1c(=O)n(CC(=O)Nc2cc(OC)c(Cl)cc2OC)c2ccccc21. The van der Waals surface area contributed by atoms with E-state index in [0.717, 1.165) is 5.52 Å². The van der Waals surface area contributed by atoms with Gasteiger partial charge >= 0.3 is 5.69 Å². The van der Waals surface area contributed by atoms with Crippen LogP contribution in [0, 0.1) is 0 Å². The fraction of sp³-hybridized carbons (Fsp3) is 0.263. The first kappa shape index (κ1) is 18.8. The summed E-state index contributed by atoms with van der Waals surface area (Å²) >= 11 is 6.09. The smallest absolute Gasteiger partial charge is 0.329 e. The summed E-state index contributed by atoms with van der Waals surface area (Å²) in [6, 6.07) is 10.5. The molecule has 0 saturated heterocycles. The van der Waals surface area contributed by atoms with Gasteiger partial charge in [-0.1, -0.05) is 23.7 Å². The number of aryl methyl sites for hydroxylation is 1. The minimum atomic E-state index is -0.362. The molecule has 27 heavy (non-hydrogen) atoms. The first-order valence-electron chi connectivity index (χ1n) is 8.39. The number of rotatable bonds is 6. The summed E-state index contributed by atoms with van der Waals surface area (Å²) in [7, 11) is 2.96. The third kappa shape index (κ3) is 3.50. The molecule has 0 spiro atoms. The minimum absolute atomic E-state index is 0.125. The van der Waals surface area contributed by atoms with Gasteiger partial charge in [-0.3, -0.25) is 13.9 Å². The topological polar surface area (TPSA) is 74.5 Å². The van der Waals surface area contributed by atoms with E-state index in [1.54, 1.807) is 16.7 Å². The number of hydrogen-bond donors (Lipinski definition) is 1. The van der Waals surface area contributed by atoms with Crippen LogP contribution >= 0.6 is 11.6 Å². The summed E-state index contributed by atoms with van der Waals surface area (Å²) < 4.78 is 13.5. The molecule has 1 N–H and O–H groups in total. The number of nitrogens with zero attached hydrogens (tertiary/aromatic N) is 2. The Morgan fingerprint density at radius 2 is 1.70 bits per heavy atom. The molecule has 7 nitrogen and oxygen atoms in total. The number of ether oxygens (including phenoxy) is 2. The number of nitrogens with one attached hydrogen (secondary N) is 1. The first-order valence-corrected chi connectivity index (χ1v) is 8.77. The van der Waals surface area contributed by atoms with E-state index in [4.69, 9.17) is 21.1 Å². The molecule has 1 heterocycles. The molecule has 3 rings (SSSR count).